The second-order valence-electron chi connectivity index (χ2n) is 4.00. The highest BCUT2D eigenvalue weighted by molar-refractivity contribution is 9.10. The van der Waals surface area contributed by atoms with Gasteiger partial charge in [-0.05, 0) is 42.0 Å². The summed E-state index contributed by atoms with van der Waals surface area (Å²) in [6.45, 7) is 0. The SMILES string of the molecule is O=C(Cc1cc(F)cc(Br)c1)c1cc(F)ccc1F. The first-order valence-electron chi connectivity index (χ1n) is 5.39. The average Bonchev–Trinajstić information content (AvgIpc) is 2.30. The van der Waals surface area contributed by atoms with Crippen molar-refractivity contribution in [2.75, 3.05) is 0 Å². The maximum Gasteiger partial charge on any atom is 0.170 e. The summed E-state index contributed by atoms with van der Waals surface area (Å²) in [4.78, 5) is 11.9. The highest BCUT2D eigenvalue weighted by atomic mass is 79.9. The first-order chi connectivity index (χ1) is 8.95. The predicted molar refractivity (Wildman–Crippen MR) is 68.5 cm³/mol. The minimum Gasteiger partial charge on any atom is -0.294 e. The number of Topliss-reactive ketones (excluding diaryl/α,β-unsaturated/α-hetero) is 1. The van der Waals surface area contributed by atoms with Crippen LogP contribution in [0, 0.1) is 17.5 Å². The normalized spacial score (nSPS) is 10.5. The topological polar surface area (TPSA) is 17.1 Å². The van der Waals surface area contributed by atoms with Crippen molar-refractivity contribution in [3.8, 4) is 0 Å². The minimum absolute atomic E-state index is 0.198. The molecule has 0 aliphatic carbocycles. The van der Waals surface area contributed by atoms with E-state index in [-0.39, 0.29) is 12.0 Å². The first kappa shape index (κ1) is 13.8. The van der Waals surface area contributed by atoms with Crippen LogP contribution in [-0.2, 0) is 6.42 Å². The highest BCUT2D eigenvalue weighted by Crippen LogP contribution is 2.18. The minimum atomic E-state index is -0.790. The summed E-state index contributed by atoms with van der Waals surface area (Å²) in [6, 6.07) is 6.65. The van der Waals surface area contributed by atoms with E-state index in [4.69, 9.17) is 0 Å². The van der Waals surface area contributed by atoms with Crippen molar-refractivity contribution in [2.24, 2.45) is 0 Å². The number of benzene rings is 2. The van der Waals surface area contributed by atoms with Crippen molar-refractivity contribution in [2.45, 2.75) is 6.42 Å². The third-order valence-electron chi connectivity index (χ3n) is 2.52. The zero-order valence-electron chi connectivity index (χ0n) is 9.59. The van der Waals surface area contributed by atoms with Crippen LogP contribution in [0.3, 0.4) is 0 Å². The molecule has 0 aliphatic rings. The molecule has 2 rings (SSSR count). The second kappa shape index (κ2) is 5.57. The largest absolute Gasteiger partial charge is 0.294 e. The van der Waals surface area contributed by atoms with Gasteiger partial charge in [-0.25, -0.2) is 13.2 Å². The van der Waals surface area contributed by atoms with Gasteiger partial charge in [-0.15, -0.1) is 0 Å². The van der Waals surface area contributed by atoms with Crippen LogP contribution < -0.4 is 0 Å². The molecule has 0 N–H and O–H groups in total. The maximum atomic E-state index is 13.4. The van der Waals surface area contributed by atoms with Gasteiger partial charge in [0.15, 0.2) is 5.78 Å². The fourth-order valence-electron chi connectivity index (χ4n) is 1.70. The summed E-state index contributed by atoms with van der Waals surface area (Å²) < 4.78 is 40.0. The summed E-state index contributed by atoms with van der Waals surface area (Å²) >= 11 is 3.10. The summed E-state index contributed by atoms with van der Waals surface area (Å²) in [7, 11) is 0. The van der Waals surface area contributed by atoms with E-state index >= 15 is 0 Å². The van der Waals surface area contributed by atoms with Gasteiger partial charge >= 0.3 is 0 Å². The number of hydrogen-bond acceptors (Lipinski definition) is 1. The van der Waals surface area contributed by atoms with E-state index in [1.54, 1.807) is 6.07 Å². The molecule has 0 amide bonds. The third-order valence-corrected chi connectivity index (χ3v) is 2.97. The molecule has 0 heterocycles. The van der Waals surface area contributed by atoms with E-state index in [1.807, 2.05) is 0 Å². The van der Waals surface area contributed by atoms with Crippen LogP contribution in [0.2, 0.25) is 0 Å². The van der Waals surface area contributed by atoms with Gasteiger partial charge in [-0.2, -0.15) is 0 Å². The summed E-state index contributed by atoms with van der Waals surface area (Å²) in [5, 5.41) is 0. The Labute approximate surface area is 116 Å². The molecule has 0 fully saturated rings. The number of rotatable bonds is 3. The first-order valence-corrected chi connectivity index (χ1v) is 6.18. The van der Waals surface area contributed by atoms with E-state index in [0.29, 0.717) is 10.0 Å². The zero-order chi connectivity index (χ0) is 14.0. The summed E-state index contributed by atoms with van der Waals surface area (Å²) in [5.41, 5.74) is 0.0564. The Morgan fingerprint density at radius 1 is 1.00 bits per heavy atom. The molecule has 19 heavy (non-hydrogen) atoms. The van der Waals surface area contributed by atoms with E-state index in [9.17, 15) is 18.0 Å². The fraction of sp³-hybridized carbons (Fsp3) is 0.0714. The Balaban J connectivity index is 2.28. The second-order valence-corrected chi connectivity index (χ2v) is 4.92. The number of ketones is 1. The number of carbonyl (C=O) groups excluding carboxylic acids is 1. The van der Waals surface area contributed by atoms with Crippen LogP contribution in [0.15, 0.2) is 40.9 Å². The Morgan fingerprint density at radius 3 is 2.42 bits per heavy atom. The molecule has 0 atom stereocenters. The molecule has 0 saturated heterocycles. The van der Waals surface area contributed by atoms with Gasteiger partial charge in [-0.3, -0.25) is 4.79 Å². The molecule has 0 spiro atoms. The Morgan fingerprint density at radius 2 is 1.74 bits per heavy atom. The third kappa shape index (κ3) is 3.44. The molecule has 2 aromatic rings. The van der Waals surface area contributed by atoms with Gasteiger partial charge in [0.2, 0.25) is 0 Å². The van der Waals surface area contributed by atoms with Crippen molar-refractivity contribution in [1.29, 1.82) is 0 Å². The fourth-order valence-corrected chi connectivity index (χ4v) is 2.22. The predicted octanol–water partition coefficient (Wildman–Crippen LogP) is 4.29. The van der Waals surface area contributed by atoms with E-state index in [0.717, 1.165) is 18.2 Å². The maximum absolute atomic E-state index is 13.4. The number of carbonyl (C=O) groups is 1. The van der Waals surface area contributed by atoms with E-state index < -0.39 is 23.2 Å². The molecular formula is C14H8BrF3O. The lowest BCUT2D eigenvalue weighted by Crippen LogP contribution is -2.07. The lowest BCUT2D eigenvalue weighted by Gasteiger charge is -2.04. The van der Waals surface area contributed by atoms with Crippen LogP contribution in [0.4, 0.5) is 13.2 Å². The Kier molecular flexibility index (Phi) is 4.04. The smallest absolute Gasteiger partial charge is 0.170 e. The van der Waals surface area contributed by atoms with Crippen LogP contribution in [0.25, 0.3) is 0 Å². The standard InChI is InChI=1S/C14H8BrF3O/c15-9-3-8(4-11(17)6-9)5-14(19)12-7-10(16)1-2-13(12)18/h1-4,6-7H,5H2. The van der Waals surface area contributed by atoms with Crippen LogP contribution in [-0.4, -0.2) is 5.78 Å². The number of hydrogen-bond donors (Lipinski definition) is 0. The van der Waals surface area contributed by atoms with E-state index in [1.165, 1.54) is 12.1 Å². The Bertz CT molecular complexity index is 620. The molecule has 0 bridgehead atoms. The molecule has 1 nitrogen and oxygen atoms in total. The van der Waals surface area contributed by atoms with Crippen molar-refractivity contribution in [1.82, 2.24) is 0 Å². The van der Waals surface area contributed by atoms with Gasteiger partial charge in [-0.1, -0.05) is 15.9 Å². The molecule has 98 valence electrons. The lowest BCUT2D eigenvalue weighted by molar-refractivity contribution is 0.0988. The van der Waals surface area contributed by atoms with Crippen LogP contribution in [0.5, 0.6) is 0 Å². The number of halogens is 4. The Hall–Kier alpha value is -1.62. The summed E-state index contributed by atoms with van der Waals surface area (Å²) in [6.07, 6.45) is -0.198. The van der Waals surface area contributed by atoms with E-state index in [2.05, 4.69) is 15.9 Å². The summed E-state index contributed by atoms with van der Waals surface area (Å²) in [5.74, 6) is -2.58. The molecule has 5 heteroatoms. The zero-order valence-corrected chi connectivity index (χ0v) is 11.2. The quantitative estimate of drug-likeness (QED) is 0.768. The van der Waals surface area contributed by atoms with Gasteiger partial charge in [0.1, 0.15) is 17.5 Å². The molecule has 0 unspecified atom stereocenters. The van der Waals surface area contributed by atoms with Crippen molar-refractivity contribution < 1.29 is 18.0 Å². The average molecular weight is 329 g/mol. The van der Waals surface area contributed by atoms with Crippen molar-refractivity contribution in [3.63, 3.8) is 0 Å². The van der Waals surface area contributed by atoms with Crippen LogP contribution >= 0.6 is 15.9 Å². The molecule has 0 radical (unpaired) electrons. The van der Waals surface area contributed by atoms with Crippen molar-refractivity contribution >= 4 is 21.7 Å². The van der Waals surface area contributed by atoms with Crippen LogP contribution in [0.1, 0.15) is 15.9 Å². The monoisotopic (exact) mass is 328 g/mol. The molecule has 2 aromatic carbocycles. The molecule has 0 saturated carbocycles. The highest BCUT2D eigenvalue weighted by Gasteiger charge is 2.14. The van der Waals surface area contributed by atoms with Crippen molar-refractivity contribution in [3.05, 3.63) is 69.4 Å². The van der Waals surface area contributed by atoms with Gasteiger partial charge in [0, 0.05) is 10.9 Å². The van der Waals surface area contributed by atoms with Gasteiger partial charge < -0.3 is 0 Å². The lowest BCUT2D eigenvalue weighted by atomic mass is 10.0. The van der Waals surface area contributed by atoms with Gasteiger partial charge in [0.05, 0.1) is 5.56 Å². The molecule has 0 aliphatic heterocycles. The van der Waals surface area contributed by atoms with Gasteiger partial charge in [0.25, 0.3) is 0 Å². The molecule has 0 aromatic heterocycles. The molecular weight excluding hydrogens is 321 g/mol.